The minimum Gasteiger partial charge on any atom is -0.382 e. The van der Waals surface area contributed by atoms with Gasteiger partial charge in [-0.2, -0.15) is 0 Å². The van der Waals surface area contributed by atoms with Gasteiger partial charge in [0.25, 0.3) is 5.91 Å². The van der Waals surface area contributed by atoms with E-state index in [9.17, 15) is 4.79 Å². The number of carbonyl (C=O) groups is 1. The predicted octanol–water partition coefficient (Wildman–Crippen LogP) is 1.09. The van der Waals surface area contributed by atoms with Gasteiger partial charge >= 0.3 is 0 Å². The highest BCUT2D eigenvalue weighted by atomic mass is 35.5. The second kappa shape index (κ2) is 11.1. The fourth-order valence-electron chi connectivity index (χ4n) is 2.10. The lowest BCUT2D eigenvalue weighted by molar-refractivity contribution is 0.0971. The standard InChI is InChI=1S/C15H26ClN9O/c1-9(17)21-7-5-3-2-4-6-8-22-15(20)25-14(26)10-12(18)24-13(19)11(16)23-10/h2-8H2,1H3,(H2,17,21)(H4,18,19,24)(H3,20,22,25,26). The first kappa shape index (κ1) is 21.4. The van der Waals surface area contributed by atoms with Crippen molar-refractivity contribution >= 4 is 40.9 Å². The van der Waals surface area contributed by atoms with Crippen molar-refractivity contribution in [2.24, 2.45) is 0 Å². The molecular weight excluding hydrogens is 358 g/mol. The number of guanidine groups is 1. The lowest BCUT2D eigenvalue weighted by atomic mass is 10.1. The summed E-state index contributed by atoms with van der Waals surface area (Å²) in [5.74, 6) is -0.538. The Bertz CT molecular complexity index is 650. The maximum Gasteiger partial charge on any atom is 0.280 e. The molecule has 0 unspecified atom stereocenters. The van der Waals surface area contributed by atoms with Crippen LogP contribution in [0.15, 0.2) is 0 Å². The normalized spacial score (nSPS) is 10.2. The predicted molar refractivity (Wildman–Crippen MR) is 104 cm³/mol. The van der Waals surface area contributed by atoms with E-state index in [0.29, 0.717) is 12.4 Å². The Labute approximate surface area is 157 Å². The Kier molecular flexibility index (Phi) is 9.13. The van der Waals surface area contributed by atoms with Crippen LogP contribution in [-0.4, -0.2) is 40.8 Å². The first-order chi connectivity index (χ1) is 12.3. The molecule has 1 amide bonds. The number of hydrogen-bond acceptors (Lipinski definition) is 7. The van der Waals surface area contributed by atoms with Crippen molar-refractivity contribution in [1.29, 1.82) is 10.8 Å². The van der Waals surface area contributed by atoms with Crippen LogP contribution >= 0.6 is 11.6 Å². The number of hydrogen-bond donors (Lipinski definition) is 7. The van der Waals surface area contributed by atoms with Crippen LogP contribution in [0.4, 0.5) is 11.6 Å². The third kappa shape index (κ3) is 7.97. The first-order valence-corrected chi connectivity index (χ1v) is 8.70. The minimum atomic E-state index is -0.677. The summed E-state index contributed by atoms with van der Waals surface area (Å²) < 4.78 is 0. The van der Waals surface area contributed by atoms with Gasteiger partial charge in [0.2, 0.25) is 0 Å². The summed E-state index contributed by atoms with van der Waals surface area (Å²) in [5, 5.41) is 23.0. The molecule has 0 aromatic carbocycles. The van der Waals surface area contributed by atoms with E-state index in [0.717, 1.165) is 38.6 Å². The molecule has 9 N–H and O–H groups in total. The van der Waals surface area contributed by atoms with Gasteiger partial charge in [-0.05, 0) is 19.8 Å². The van der Waals surface area contributed by atoms with Crippen LogP contribution in [0.25, 0.3) is 0 Å². The van der Waals surface area contributed by atoms with E-state index in [1.54, 1.807) is 6.92 Å². The molecular formula is C15H26ClN9O. The van der Waals surface area contributed by atoms with E-state index in [-0.39, 0.29) is 28.4 Å². The molecule has 0 aliphatic heterocycles. The molecule has 0 saturated heterocycles. The van der Waals surface area contributed by atoms with E-state index >= 15 is 0 Å². The van der Waals surface area contributed by atoms with Gasteiger partial charge in [-0.1, -0.05) is 30.9 Å². The Morgan fingerprint density at radius 2 is 1.58 bits per heavy atom. The van der Waals surface area contributed by atoms with Crippen LogP contribution in [0.2, 0.25) is 5.15 Å². The maximum atomic E-state index is 12.0. The lowest BCUT2D eigenvalue weighted by Gasteiger charge is -2.10. The number of aromatic nitrogens is 2. The number of amidine groups is 1. The van der Waals surface area contributed by atoms with Crippen LogP contribution in [0, 0.1) is 10.8 Å². The highest BCUT2D eigenvalue weighted by Crippen LogP contribution is 2.17. The number of nitrogens with zero attached hydrogens (tertiary/aromatic N) is 2. The van der Waals surface area contributed by atoms with Gasteiger partial charge in [0.1, 0.15) is 0 Å². The zero-order valence-electron chi connectivity index (χ0n) is 14.8. The van der Waals surface area contributed by atoms with E-state index in [2.05, 4.69) is 25.9 Å². The summed E-state index contributed by atoms with van der Waals surface area (Å²) in [4.78, 5) is 19.5. The van der Waals surface area contributed by atoms with Gasteiger partial charge in [0.15, 0.2) is 28.4 Å². The summed E-state index contributed by atoms with van der Waals surface area (Å²) in [6.07, 6.45) is 5.09. The summed E-state index contributed by atoms with van der Waals surface area (Å²) in [7, 11) is 0. The molecule has 1 aromatic heterocycles. The largest absolute Gasteiger partial charge is 0.382 e. The fraction of sp³-hybridized carbons (Fsp3) is 0.533. The number of rotatable bonds is 9. The monoisotopic (exact) mass is 383 g/mol. The molecule has 11 heteroatoms. The average Bonchev–Trinajstić information content (AvgIpc) is 2.56. The second-order valence-electron chi connectivity index (χ2n) is 5.71. The van der Waals surface area contributed by atoms with Crippen LogP contribution in [0.1, 0.15) is 49.5 Å². The number of unbranched alkanes of at least 4 members (excludes halogenated alkanes) is 4. The third-order valence-electron chi connectivity index (χ3n) is 3.40. The van der Waals surface area contributed by atoms with Gasteiger partial charge in [0, 0.05) is 13.1 Å². The van der Waals surface area contributed by atoms with Gasteiger partial charge in [-0.3, -0.25) is 20.9 Å². The van der Waals surface area contributed by atoms with Gasteiger partial charge in [0.05, 0.1) is 5.84 Å². The SMILES string of the molecule is CC(=N)NCCCCCCCNC(=N)NC(=O)c1nc(Cl)c(N)nc1N. The first-order valence-electron chi connectivity index (χ1n) is 8.32. The lowest BCUT2D eigenvalue weighted by Crippen LogP contribution is -2.41. The molecule has 0 fully saturated rings. The zero-order chi connectivity index (χ0) is 19.5. The number of nitrogens with one attached hydrogen (secondary N) is 5. The zero-order valence-corrected chi connectivity index (χ0v) is 15.5. The number of amides is 1. The molecule has 0 saturated carbocycles. The molecule has 26 heavy (non-hydrogen) atoms. The van der Waals surface area contributed by atoms with Crippen LogP contribution in [0.5, 0.6) is 0 Å². The molecule has 0 radical (unpaired) electrons. The summed E-state index contributed by atoms with van der Waals surface area (Å²) >= 11 is 5.73. The van der Waals surface area contributed by atoms with Crippen molar-refractivity contribution in [3.05, 3.63) is 10.8 Å². The number of nitrogen functional groups attached to an aromatic ring is 2. The molecule has 0 atom stereocenters. The minimum absolute atomic E-state index is 0.0577. The smallest absolute Gasteiger partial charge is 0.280 e. The van der Waals surface area contributed by atoms with E-state index < -0.39 is 5.91 Å². The van der Waals surface area contributed by atoms with Gasteiger partial charge in [-0.25, -0.2) is 9.97 Å². The molecule has 0 bridgehead atoms. The number of nitrogens with two attached hydrogens (primary N) is 2. The van der Waals surface area contributed by atoms with E-state index in [4.69, 9.17) is 33.9 Å². The quantitative estimate of drug-likeness (QED) is 0.189. The summed E-state index contributed by atoms with van der Waals surface area (Å²) in [6, 6.07) is 0. The number of carbonyl (C=O) groups excluding carboxylic acids is 1. The van der Waals surface area contributed by atoms with Crippen molar-refractivity contribution in [3.8, 4) is 0 Å². The topological polar surface area (TPSA) is 179 Å². The third-order valence-corrected chi connectivity index (χ3v) is 3.68. The van der Waals surface area contributed by atoms with Crippen LogP contribution < -0.4 is 27.4 Å². The van der Waals surface area contributed by atoms with Crippen molar-refractivity contribution in [3.63, 3.8) is 0 Å². The van der Waals surface area contributed by atoms with Crippen molar-refractivity contribution in [2.45, 2.75) is 39.0 Å². The van der Waals surface area contributed by atoms with Crippen LogP contribution in [-0.2, 0) is 0 Å². The Morgan fingerprint density at radius 1 is 1.00 bits per heavy atom. The Hall–Kier alpha value is -2.62. The highest BCUT2D eigenvalue weighted by Gasteiger charge is 2.16. The number of halogens is 1. The second-order valence-corrected chi connectivity index (χ2v) is 6.07. The maximum absolute atomic E-state index is 12.0. The Balaban J connectivity index is 2.20. The summed E-state index contributed by atoms with van der Waals surface area (Å²) in [6.45, 7) is 3.12. The molecule has 0 spiro atoms. The van der Waals surface area contributed by atoms with Crippen LogP contribution in [0.3, 0.4) is 0 Å². The molecule has 1 rings (SSSR count). The summed E-state index contributed by atoms with van der Waals surface area (Å²) in [5.41, 5.74) is 10.9. The van der Waals surface area contributed by atoms with Gasteiger partial charge < -0.3 is 22.1 Å². The Morgan fingerprint density at radius 3 is 2.19 bits per heavy atom. The average molecular weight is 384 g/mol. The highest BCUT2D eigenvalue weighted by molar-refractivity contribution is 6.31. The van der Waals surface area contributed by atoms with Crippen molar-refractivity contribution in [1.82, 2.24) is 25.9 Å². The van der Waals surface area contributed by atoms with Gasteiger partial charge in [-0.15, -0.1) is 0 Å². The molecule has 1 aromatic rings. The van der Waals surface area contributed by atoms with E-state index in [1.807, 2.05) is 0 Å². The van der Waals surface area contributed by atoms with Crippen molar-refractivity contribution in [2.75, 3.05) is 24.6 Å². The molecule has 0 aliphatic carbocycles. The van der Waals surface area contributed by atoms with Crippen molar-refractivity contribution < 1.29 is 4.79 Å². The fourth-order valence-corrected chi connectivity index (χ4v) is 2.22. The van der Waals surface area contributed by atoms with E-state index in [1.165, 1.54) is 0 Å². The molecule has 1 heterocycles. The molecule has 144 valence electrons. The molecule has 0 aliphatic rings. The number of anilines is 2. The molecule has 10 nitrogen and oxygen atoms in total.